The van der Waals surface area contributed by atoms with E-state index in [-0.39, 0.29) is 5.82 Å². The Kier molecular flexibility index (Phi) is 5.11. The molecule has 0 radical (unpaired) electrons. The number of morpholine rings is 1. The van der Waals surface area contributed by atoms with Crippen molar-refractivity contribution in [2.75, 3.05) is 26.2 Å². The zero-order chi connectivity index (χ0) is 15.5. The van der Waals surface area contributed by atoms with Gasteiger partial charge in [-0.3, -0.25) is 9.80 Å². The Balaban J connectivity index is 1.50. The minimum absolute atomic E-state index is 0.135. The average molecular weight is 306 g/mol. The molecule has 0 amide bonds. The van der Waals surface area contributed by atoms with Crippen molar-refractivity contribution in [2.45, 2.75) is 51.5 Å². The molecule has 2 heterocycles. The van der Waals surface area contributed by atoms with Gasteiger partial charge in [-0.15, -0.1) is 0 Å². The summed E-state index contributed by atoms with van der Waals surface area (Å²) < 4.78 is 19.1. The molecule has 0 aromatic heterocycles. The Morgan fingerprint density at radius 2 is 1.82 bits per heavy atom. The largest absolute Gasteiger partial charge is 0.373 e. The van der Waals surface area contributed by atoms with Crippen LogP contribution in [0, 0.1) is 5.82 Å². The van der Waals surface area contributed by atoms with Gasteiger partial charge in [0.05, 0.1) is 12.2 Å². The van der Waals surface area contributed by atoms with E-state index in [2.05, 4.69) is 23.6 Å². The fraction of sp³-hybridized carbons (Fsp3) is 0.667. The van der Waals surface area contributed by atoms with Gasteiger partial charge in [0.1, 0.15) is 5.82 Å². The highest BCUT2D eigenvalue weighted by molar-refractivity contribution is 5.16. The molecule has 1 aromatic carbocycles. The SMILES string of the molecule is C[C@H]1CN(C2CCN(Cc3cccc(F)c3)CC2)C[C@H](C)O1. The molecule has 2 atom stereocenters. The van der Waals surface area contributed by atoms with Crippen molar-refractivity contribution in [3.8, 4) is 0 Å². The number of halogens is 1. The molecule has 2 fully saturated rings. The van der Waals surface area contributed by atoms with Crippen LogP contribution >= 0.6 is 0 Å². The van der Waals surface area contributed by atoms with E-state index in [0.717, 1.165) is 38.3 Å². The smallest absolute Gasteiger partial charge is 0.123 e. The number of ether oxygens (including phenoxy) is 1. The summed E-state index contributed by atoms with van der Waals surface area (Å²) in [5.74, 6) is -0.135. The lowest BCUT2D eigenvalue weighted by Crippen LogP contribution is -2.53. The Morgan fingerprint density at radius 1 is 1.14 bits per heavy atom. The zero-order valence-electron chi connectivity index (χ0n) is 13.7. The Hall–Kier alpha value is -0.970. The lowest BCUT2D eigenvalue weighted by molar-refractivity contribution is -0.0865. The molecular weight excluding hydrogens is 279 g/mol. The third kappa shape index (κ3) is 4.06. The molecule has 0 spiro atoms. The van der Waals surface area contributed by atoms with Gasteiger partial charge in [0.25, 0.3) is 0 Å². The zero-order valence-corrected chi connectivity index (χ0v) is 13.7. The summed E-state index contributed by atoms with van der Waals surface area (Å²) in [5, 5.41) is 0. The summed E-state index contributed by atoms with van der Waals surface area (Å²) in [6.45, 7) is 9.50. The topological polar surface area (TPSA) is 15.7 Å². The van der Waals surface area contributed by atoms with Gasteiger partial charge in [0.15, 0.2) is 0 Å². The van der Waals surface area contributed by atoms with Crippen LogP contribution in [0.3, 0.4) is 0 Å². The molecule has 3 rings (SSSR count). The van der Waals surface area contributed by atoms with Crippen LogP contribution in [0.25, 0.3) is 0 Å². The summed E-state index contributed by atoms with van der Waals surface area (Å²) in [6.07, 6.45) is 3.09. The van der Waals surface area contributed by atoms with Crippen molar-refractivity contribution in [1.29, 1.82) is 0 Å². The standard InChI is InChI=1S/C18H27FN2O/c1-14-11-21(12-15(2)22-14)18-6-8-20(9-7-18)13-16-4-3-5-17(19)10-16/h3-5,10,14-15,18H,6-9,11-13H2,1-2H3/t14-,15-/m0/s1. The average Bonchev–Trinajstić information content (AvgIpc) is 2.47. The van der Waals surface area contributed by atoms with Gasteiger partial charge in [0, 0.05) is 25.7 Å². The van der Waals surface area contributed by atoms with Crippen LogP contribution in [0.2, 0.25) is 0 Å². The first-order valence-corrected chi connectivity index (χ1v) is 8.46. The first-order chi connectivity index (χ1) is 10.6. The molecule has 2 aliphatic rings. The minimum atomic E-state index is -0.135. The van der Waals surface area contributed by atoms with Crippen molar-refractivity contribution in [2.24, 2.45) is 0 Å². The number of hydrogen-bond acceptors (Lipinski definition) is 3. The Morgan fingerprint density at radius 3 is 2.45 bits per heavy atom. The highest BCUT2D eigenvalue weighted by atomic mass is 19.1. The summed E-state index contributed by atoms with van der Waals surface area (Å²) in [6, 6.07) is 7.65. The van der Waals surface area contributed by atoms with Crippen molar-refractivity contribution in [3.05, 3.63) is 35.6 Å². The molecule has 22 heavy (non-hydrogen) atoms. The van der Waals surface area contributed by atoms with Gasteiger partial charge < -0.3 is 4.74 Å². The van der Waals surface area contributed by atoms with Gasteiger partial charge in [-0.25, -0.2) is 4.39 Å². The van der Waals surface area contributed by atoms with Crippen LogP contribution in [0.5, 0.6) is 0 Å². The van der Waals surface area contributed by atoms with E-state index in [4.69, 9.17) is 4.74 Å². The monoisotopic (exact) mass is 306 g/mol. The molecule has 0 saturated carbocycles. The third-order valence-electron chi connectivity index (χ3n) is 4.82. The molecule has 1 aromatic rings. The lowest BCUT2D eigenvalue weighted by atomic mass is 10.0. The minimum Gasteiger partial charge on any atom is -0.373 e. The summed E-state index contributed by atoms with van der Waals surface area (Å²) in [7, 11) is 0. The van der Waals surface area contributed by atoms with E-state index in [0.29, 0.717) is 18.2 Å². The molecule has 4 heteroatoms. The highest BCUT2D eigenvalue weighted by Crippen LogP contribution is 2.22. The quantitative estimate of drug-likeness (QED) is 0.854. The van der Waals surface area contributed by atoms with Crippen LogP contribution < -0.4 is 0 Å². The first-order valence-electron chi connectivity index (χ1n) is 8.46. The van der Waals surface area contributed by atoms with Gasteiger partial charge in [-0.2, -0.15) is 0 Å². The number of piperidine rings is 1. The van der Waals surface area contributed by atoms with Crippen LogP contribution in [0.15, 0.2) is 24.3 Å². The summed E-state index contributed by atoms with van der Waals surface area (Å²) >= 11 is 0. The van der Waals surface area contributed by atoms with Gasteiger partial charge in [-0.1, -0.05) is 12.1 Å². The lowest BCUT2D eigenvalue weighted by Gasteiger charge is -2.43. The molecule has 0 N–H and O–H groups in total. The molecule has 3 nitrogen and oxygen atoms in total. The van der Waals surface area contributed by atoms with Crippen LogP contribution in [-0.2, 0) is 11.3 Å². The predicted molar refractivity (Wildman–Crippen MR) is 86.3 cm³/mol. The fourth-order valence-corrected chi connectivity index (χ4v) is 3.85. The van der Waals surface area contributed by atoms with E-state index in [9.17, 15) is 4.39 Å². The number of likely N-dealkylation sites (tertiary alicyclic amines) is 1. The second-order valence-corrected chi connectivity index (χ2v) is 6.85. The summed E-state index contributed by atoms with van der Waals surface area (Å²) in [5.41, 5.74) is 1.08. The van der Waals surface area contributed by atoms with Crippen molar-refractivity contribution < 1.29 is 9.13 Å². The second-order valence-electron chi connectivity index (χ2n) is 6.85. The summed E-state index contributed by atoms with van der Waals surface area (Å²) in [4.78, 5) is 5.05. The Bertz CT molecular complexity index is 478. The van der Waals surface area contributed by atoms with Crippen LogP contribution in [0.1, 0.15) is 32.3 Å². The van der Waals surface area contributed by atoms with Gasteiger partial charge >= 0.3 is 0 Å². The molecular formula is C18H27FN2O. The predicted octanol–water partition coefficient (Wildman–Crippen LogP) is 2.90. The van der Waals surface area contributed by atoms with E-state index in [1.807, 2.05) is 6.07 Å². The second kappa shape index (κ2) is 7.07. The molecule has 2 aliphatic heterocycles. The van der Waals surface area contributed by atoms with Crippen LogP contribution in [0.4, 0.5) is 4.39 Å². The number of rotatable bonds is 3. The van der Waals surface area contributed by atoms with E-state index in [1.165, 1.54) is 18.9 Å². The van der Waals surface area contributed by atoms with E-state index < -0.39 is 0 Å². The number of benzene rings is 1. The van der Waals surface area contributed by atoms with Crippen molar-refractivity contribution in [1.82, 2.24) is 9.80 Å². The van der Waals surface area contributed by atoms with Crippen molar-refractivity contribution in [3.63, 3.8) is 0 Å². The maximum atomic E-state index is 13.3. The fourth-order valence-electron chi connectivity index (χ4n) is 3.85. The molecule has 0 unspecified atom stereocenters. The van der Waals surface area contributed by atoms with E-state index >= 15 is 0 Å². The molecule has 0 bridgehead atoms. The maximum absolute atomic E-state index is 13.3. The highest BCUT2D eigenvalue weighted by Gasteiger charge is 2.30. The van der Waals surface area contributed by atoms with Gasteiger partial charge in [-0.05, 0) is 57.5 Å². The Labute approximate surface area is 133 Å². The molecule has 122 valence electrons. The first kappa shape index (κ1) is 15.9. The maximum Gasteiger partial charge on any atom is 0.123 e. The third-order valence-corrected chi connectivity index (χ3v) is 4.82. The van der Waals surface area contributed by atoms with Crippen molar-refractivity contribution >= 4 is 0 Å². The molecule has 2 saturated heterocycles. The molecule has 0 aliphatic carbocycles. The number of hydrogen-bond donors (Lipinski definition) is 0. The normalized spacial score (nSPS) is 28.9. The number of nitrogens with zero attached hydrogens (tertiary/aromatic N) is 2. The van der Waals surface area contributed by atoms with Crippen LogP contribution in [-0.4, -0.2) is 54.2 Å². The van der Waals surface area contributed by atoms with Gasteiger partial charge in [0.2, 0.25) is 0 Å². The van der Waals surface area contributed by atoms with E-state index in [1.54, 1.807) is 12.1 Å².